The number of aliphatic hydroxyl groups is 1. The SMILES string of the molecule is O[C@@H](c1ncc(Cc2ccncc2)[nH]1)c1nccs1. The summed E-state index contributed by atoms with van der Waals surface area (Å²) in [6.45, 7) is 0. The van der Waals surface area contributed by atoms with Crippen LogP contribution in [0.25, 0.3) is 0 Å². The predicted octanol–water partition coefficient (Wildman–Crippen LogP) is 1.93. The second-order valence-corrected chi connectivity index (χ2v) is 5.02. The van der Waals surface area contributed by atoms with Crippen LogP contribution in [0.2, 0.25) is 0 Å². The number of nitrogens with zero attached hydrogens (tertiary/aromatic N) is 3. The van der Waals surface area contributed by atoms with Crippen LogP contribution in [0.3, 0.4) is 0 Å². The minimum Gasteiger partial charge on any atom is -0.378 e. The Labute approximate surface area is 114 Å². The van der Waals surface area contributed by atoms with E-state index in [0.717, 1.165) is 17.7 Å². The molecule has 0 fully saturated rings. The average molecular weight is 272 g/mol. The van der Waals surface area contributed by atoms with E-state index in [-0.39, 0.29) is 0 Å². The Kier molecular flexibility index (Phi) is 3.35. The molecule has 6 heteroatoms. The van der Waals surface area contributed by atoms with E-state index in [1.54, 1.807) is 24.8 Å². The summed E-state index contributed by atoms with van der Waals surface area (Å²) in [4.78, 5) is 15.4. The van der Waals surface area contributed by atoms with Gasteiger partial charge in [0.25, 0.3) is 0 Å². The van der Waals surface area contributed by atoms with Crippen molar-refractivity contribution < 1.29 is 5.11 Å². The smallest absolute Gasteiger partial charge is 0.163 e. The molecule has 19 heavy (non-hydrogen) atoms. The first kappa shape index (κ1) is 12.0. The highest BCUT2D eigenvalue weighted by atomic mass is 32.1. The van der Waals surface area contributed by atoms with Gasteiger partial charge in [-0.1, -0.05) is 0 Å². The normalized spacial score (nSPS) is 12.5. The van der Waals surface area contributed by atoms with E-state index >= 15 is 0 Å². The van der Waals surface area contributed by atoms with E-state index in [4.69, 9.17) is 0 Å². The van der Waals surface area contributed by atoms with Crippen LogP contribution in [0.1, 0.15) is 28.2 Å². The molecule has 2 N–H and O–H groups in total. The van der Waals surface area contributed by atoms with Gasteiger partial charge in [0.05, 0.1) is 0 Å². The number of rotatable bonds is 4. The molecule has 3 rings (SSSR count). The molecule has 3 aromatic rings. The van der Waals surface area contributed by atoms with E-state index in [2.05, 4.69) is 19.9 Å². The van der Waals surface area contributed by atoms with Crippen LogP contribution in [0, 0.1) is 0 Å². The number of H-pyrrole nitrogens is 1. The van der Waals surface area contributed by atoms with Crippen molar-refractivity contribution in [3.8, 4) is 0 Å². The molecule has 0 saturated carbocycles. The minimum absolute atomic E-state index is 0.527. The molecular weight excluding hydrogens is 260 g/mol. The Balaban J connectivity index is 1.76. The van der Waals surface area contributed by atoms with Crippen LogP contribution in [0.5, 0.6) is 0 Å². The monoisotopic (exact) mass is 272 g/mol. The molecule has 0 aliphatic carbocycles. The van der Waals surface area contributed by atoms with Gasteiger partial charge in [-0.15, -0.1) is 11.3 Å². The highest BCUT2D eigenvalue weighted by molar-refractivity contribution is 7.09. The summed E-state index contributed by atoms with van der Waals surface area (Å²) in [5.41, 5.74) is 2.10. The Morgan fingerprint density at radius 1 is 1.21 bits per heavy atom. The van der Waals surface area contributed by atoms with Crippen LogP contribution < -0.4 is 0 Å². The summed E-state index contributed by atoms with van der Waals surface area (Å²) < 4.78 is 0. The van der Waals surface area contributed by atoms with Gasteiger partial charge in [0.1, 0.15) is 10.8 Å². The first-order valence-electron chi connectivity index (χ1n) is 5.83. The number of thiazole rings is 1. The number of imidazole rings is 1. The van der Waals surface area contributed by atoms with Crippen molar-refractivity contribution in [3.05, 3.63) is 64.4 Å². The van der Waals surface area contributed by atoms with E-state index in [9.17, 15) is 5.11 Å². The maximum Gasteiger partial charge on any atom is 0.163 e. The van der Waals surface area contributed by atoms with Crippen LogP contribution >= 0.6 is 11.3 Å². The first-order valence-corrected chi connectivity index (χ1v) is 6.71. The summed E-state index contributed by atoms with van der Waals surface area (Å²) in [5.74, 6) is 0.527. The standard InChI is InChI=1S/C13H12N4OS/c18-11(13-15-5-6-19-13)12-16-8-10(17-12)7-9-1-3-14-4-2-9/h1-6,8,11,18H,7H2,(H,16,17)/t11-/m0/s1. The van der Waals surface area contributed by atoms with E-state index in [0.29, 0.717) is 10.8 Å². The van der Waals surface area contributed by atoms with Crippen molar-refractivity contribution in [2.45, 2.75) is 12.5 Å². The molecule has 0 unspecified atom stereocenters. The summed E-state index contributed by atoms with van der Waals surface area (Å²) in [7, 11) is 0. The van der Waals surface area contributed by atoms with Gasteiger partial charge in [0, 0.05) is 42.3 Å². The summed E-state index contributed by atoms with van der Waals surface area (Å²) >= 11 is 1.41. The number of aliphatic hydroxyl groups excluding tert-OH is 1. The zero-order valence-corrected chi connectivity index (χ0v) is 10.8. The molecule has 3 heterocycles. The lowest BCUT2D eigenvalue weighted by molar-refractivity contribution is 0.210. The quantitative estimate of drug-likeness (QED) is 0.761. The lowest BCUT2D eigenvalue weighted by atomic mass is 10.2. The van der Waals surface area contributed by atoms with Gasteiger partial charge < -0.3 is 10.1 Å². The second-order valence-electron chi connectivity index (χ2n) is 4.10. The van der Waals surface area contributed by atoms with Crippen molar-refractivity contribution in [1.82, 2.24) is 19.9 Å². The first-order chi connectivity index (χ1) is 9.33. The van der Waals surface area contributed by atoms with Crippen LogP contribution in [-0.4, -0.2) is 25.0 Å². The van der Waals surface area contributed by atoms with Crippen LogP contribution in [0.15, 0.2) is 42.3 Å². The van der Waals surface area contributed by atoms with E-state index < -0.39 is 6.10 Å². The highest BCUT2D eigenvalue weighted by Crippen LogP contribution is 2.21. The number of pyridine rings is 1. The molecule has 5 nitrogen and oxygen atoms in total. The highest BCUT2D eigenvalue weighted by Gasteiger charge is 2.16. The van der Waals surface area contributed by atoms with Crippen molar-refractivity contribution in [2.24, 2.45) is 0 Å². The number of hydrogen-bond donors (Lipinski definition) is 2. The number of aromatic amines is 1. The Hall–Kier alpha value is -2.05. The van der Waals surface area contributed by atoms with Gasteiger partial charge in [-0.25, -0.2) is 9.97 Å². The summed E-state index contributed by atoms with van der Waals surface area (Å²) in [6.07, 6.45) is 6.89. The fraction of sp³-hybridized carbons (Fsp3) is 0.154. The van der Waals surface area contributed by atoms with E-state index in [1.165, 1.54) is 11.3 Å². The Morgan fingerprint density at radius 3 is 2.79 bits per heavy atom. The predicted molar refractivity (Wildman–Crippen MR) is 71.8 cm³/mol. The van der Waals surface area contributed by atoms with Crippen molar-refractivity contribution in [3.63, 3.8) is 0 Å². The third-order valence-corrected chi connectivity index (χ3v) is 3.56. The van der Waals surface area contributed by atoms with Gasteiger partial charge in [-0.3, -0.25) is 4.98 Å². The maximum absolute atomic E-state index is 10.1. The number of aromatic nitrogens is 4. The molecule has 0 amide bonds. The number of hydrogen-bond acceptors (Lipinski definition) is 5. The van der Waals surface area contributed by atoms with Gasteiger partial charge in [-0.2, -0.15) is 0 Å². The summed E-state index contributed by atoms with van der Waals surface area (Å²) in [6, 6.07) is 3.91. The fourth-order valence-electron chi connectivity index (χ4n) is 1.81. The van der Waals surface area contributed by atoms with E-state index in [1.807, 2.05) is 17.5 Å². The Morgan fingerprint density at radius 2 is 2.05 bits per heavy atom. The maximum atomic E-state index is 10.1. The third-order valence-electron chi connectivity index (χ3n) is 2.74. The molecule has 3 aromatic heterocycles. The molecule has 96 valence electrons. The molecule has 0 saturated heterocycles. The molecule has 0 aliphatic heterocycles. The van der Waals surface area contributed by atoms with Gasteiger partial charge in [0.15, 0.2) is 6.10 Å². The zero-order chi connectivity index (χ0) is 13.1. The molecule has 0 aromatic carbocycles. The third kappa shape index (κ3) is 2.69. The summed E-state index contributed by atoms with van der Waals surface area (Å²) in [5, 5.41) is 12.6. The lowest BCUT2D eigenvalue weighted by Crippen LogP contribution is -2.01. The molecule has 0 radical (unpaired) electrons. The zero-order valence-electron chi connectivity index (χ0n) is 10.0. The van der Waals surface area contributed by atoms with Crippen molar-refractivity contribution in [1.29, 1.82) is 0 Å². The minimum atomic E-state index is -0.786. The van der Waals surface area contributed by atoms with Gasteiger partial charge in [0.2, 0.25) is 0 Å². The second kappa shape index (κ2) is 5.29. The molecule has 0 spiro atoms. The topological polar surface area (TPSA) is 74.7 Å². The Bertz CT molecular complexity index is 636. The van der Waals surface area contributed by atoms with Crippen LogP contribution in [-0.2, 0) is 6.42 Å². The lowest BCUT2D eigenvalue weighted by Gasteiger charge is -2.03. The van der Waals surface area contributed by atoms with Gasteiger partial charge >= 0.3 is 0 Å². The average Bonchev–Trinajstić information content (AvgIpc) is 3.10. The van der Waals surface area contributed by atoms with Crippen molar-refractivity contribution in [2.75, 3.05) is 0 Å². The van der Waals surface area contributed by atoms with Crippen molar-refractivity contribution >= 4 is 11.3 Å². The molecule has 1 atom stereocenters. The number of nitrogens with one attached hydrogen (secondary N) is 1. The fourth-order valence-corrected chi connectivity index (χ4v) is 2.44. The van der Waals surface area contributed by atoms with Gasteiger partial charge in [-0.05, 0) is 17.7 Å². The van der Waals surface area contributed by atoms with Crippen LogP contribution in [0.4, 0.5) is 0 Å². The molecule has 0 bridgehead atoms. The largest absolute Gasteiger partial charge is 0.378 e. The molecule has 0 aliphatic rings. The molecular formula is C13H12N4OS.